The summed E-state index contributed by atoms with van der Waals surface area (Å²) in [6.45, 7) is 0.106. The number of likely N-dealkylation sites (N-methyl/N-ethyl adjacent to an activating group) is 1. The Kier molecular flexibility index (Phi) is 3.81. The Balaban J connectivity index is 2.45. The maximum Gasteiger partial charge on any atom is 0.251 e. The Hall–Kier alpha value is -1.62. The van der Waals surface area contributed by atoms with Gasteiger partial charge in [-0.05, 0) is 31.9 Å². The molecule has 0 aromatic carbocycles. The van der Waals surface area contributed by atoms with Gasteiger partial charge in [0.25, 0.3) is 5.56 Å². The van der Waals surface area contributed by atoms with Gasteiger partial charge in [0.1, 0.15) is 6.54 Å². The predicted molar refractivity (Wildman–Crippen MR) is 69.5 cm³/mol. The molecule has 1 amide bonds. The molecule has 2 rings (SSSR count). The molecule has 0 radical (unpaired) electrons. The number of hydrogen-bond acceptors (Lipinski definition) is 3. The molecule has 1 aliphatic rings. The van der Waals surface area contributed by atoms with Crippen LogP contribution in [0.25, 0.3) is 0 Å². The van der Waals surface area contributed by atoms with Gasteiger partial charge in [-0.1, -0.05) is 6.07 Å². The summed E-state index contributed by atoms with van der Waals surface area (Å²) < 4.78 is 1.59. The van der Waals surface area contributed by atoms with Crippen LogP contribution in [0.3, 0.4) is 0 Å². The zero-order valence-electron chi connectivity index (χ0n) is 10.8. The fourth-order valence-corrected chi connectivity index (χ4v) is 2.56. The molecule has 1 aromatic rings. The number of carbonyl (C=O) groups is 1. The Morgan fingerprint density at radius 3 is 2.89 bits per heavy atom. The maximum absolute atomic E-state index is 11.9. The lowest BCUT2D eigenvalue weighted by molar-refractivity contribution is -0.121. The van der Waals surface area contributed by atoms with Crippen LogP contribution in [0, 0.1) is 0 Å². The van der Waals surface area contributed by atoms with Crippen LogP contribution in [0.4, 0.5) is 0 Å². The summed E-state index contributed by atoms with van der Waals surface area (Å²) in [5.74, 6) is -0.142. The fourth-order valence-electron chi connectivity index (χ4n) is 2.56. The zero-order valence-corrected chi connectivity index (χ0v) is 10.8. The summed E-state index contributed by atoms with van der Waals surface area (Å²) in [6, 6.07) is 3.72. The normalized spacial score (nSPS) is 18.2. The minimum absolute atomic E-state index is 0.103. The van der Waals surface area contributed by atoms with Gasteiger partial charge in [-0.25, -0.2) is 0 Å². The van der Waals surface area contributed by atoms with E-state index in [4.69, 9.17) is 0 Å². The molecule has 2 N–H and O–H groups in total. The van der Waals surface area contributed by atoms with Crippen molar-refractivity contribution in [3.8, 4) is 0 Å². The van der Waals surface area contributed by atoms with Crippen molar-refractivity contribution in [3.63, 3.8) is 0 Å². The van der Waals surface area contributed by atoms with E-state index in [0.29, 0.717) is 0 Å². The number of fused-ring (bicyclic) bond motifs is 1. The van der Waals surface area contributed by atoms with Crippen molar-refractivity contribution < 1.29 is 4.79 Å². The van der Waals surface area contributed by atoms with Crippen LogP contribution < -0.4 is 16.2 Å². The quantitative estimate of drug-likeness (QED) is 0.804. The second-order valence-corrected chi connectivity index (χ2v) is 4.57. The lowest BCUT2D eigenvalue weighted by atomic mass is 9.91. The second kappa shape index (κ2) is 5.35. The first-order valence-corrected chi connectivity index (χ1v) is 6.28. The fraction of sp³-hybridized carbons (Fsp3) is 0.538. The topological polar surface area (TPSA) is 63.1 Å². The third kappa shape index (κ3) is 2.31. The number of carbonyl (C=O) groups excluding carboxylic acids is 1. The van der Waals surface area contributed by atoms with Gasteiger partial charge in [0.05, 0.1) is 0 Å². The second-order valence-electron chi connectivity index (χ2n) is 4.57. The lowest BCUT2D eigenvalue weighted by Crippen LogP contribution is -2.35. The molecule has 5 nitrogen and oxygen atoms in total. The molecule has 1 heterocycles. The molecule has 1 unspecified atom stereocenters. The van der Waals surface area contributed by atoms with Crippen LogP contribution in [-0.4, -0.2) is 24.6 Å². The highest BCUT2D eigenvalue weighted by molar-refractivity contribution is 5.75. The standard InChI is InChI=1S/C13H19N3O2/c1-14-10-4-3-5-11-9(10)6-7-13(18)16(11)8-12(17)15-2/h6-7,10,14H,3-5,8H2,1-2H3,(H,15,17). The summed E-state index contributed by atoms with van der Waals surface area (Å²) in [5, 5.41) is 5.82. The highest BCUT2D eigenvalue weighted by Gasteiger charge is 2.22. The summed E-state index contributed by atoms with van der Waals surface area (Å²) in [4.78, 5) is 23.4. The van der Waals surface area contributed by atoms with Crippen LogP contribution in [0.2, 0.25) is 0 Å². The molecular weight excluding hydrogens is 230 g/mol. The molecule has 1 aliphatic carbocycles. The Labute approximate surface area is 106 Å². The van der Waals surface area contributed by atoms with E-state index in [1.807, 2.05) is 13.1 Å². The number of pyridine rings is 1. The minimum Gasteiger partial charge on any atom is -0.358 e. The van der Waals surface area contributed by atoms with Crippen LogP contribution in [0.1, 0.15) is 30.1 Å². The highest BCUT2D eigenvalue weighted by atomic mass is 16.2. The first-order chi connectivity index (χ1) is 8.67. The third-order valence-electron chi connectivity index (χ3n) is 3.54. The van der Waals surface area contributed by atoms with Gasteiger partial charge in [-0.15, -0.1) is 0 Å². The minimum atomic E-state index is -0.142. The largest absolute Gasteiger partial charge is 0.358 e. The van der Waals surface area contributed by atoms with Gasteiger partial charge in [0.15, 0.2) is 0 Å². The van der Waals surface area contributed by atoms with E-state index < -0.39 is 0 Å². The Morgan fingerprint density at radius 1 is 1.44 bits per heavy atom. The van der Waals surface area contributed by atoms with Crippen molar-refractivity contribution in [2.45, 2.75) is 31.8 Å². The lowest BCUT2D eigenvalue weighted by Gasteiger charge is -2.27. The average Bonchev–Trinajstić information content (AvgIpc) is 2.40. The molecule has 0 saturated heterocycles. The molecule has 0 fully saturated rings. The molecule has 1 aromatic heterocycles. The van der Waals surface area contributed by atoms with E-state index in [1.54, 1.807) is 17.7 Å². The number of rotatable bonds is 3. The molecule has 5 heteroatoms. The summed E-state index contributed by atoms with van der Waals surface area (Å²) >= 11 is 0. The molecule has 0 aliphatic heterocycles. The molecular formula is C13H19N3O2. The molecule has 18 heavy (non-hydrogen) atoms. The number of nitrogens with zero attached hydrogens (tertiary/aromatic N) is 1. The number of amides is 1. The van der Waals surface area contributed by atoms with Crippen LogP contribution in [0.5, 0.6) is 0 Å². The van der Waals surface area contributed by atoms with Gasteiger partial charge in [0, 0.05) is 24.8 Å². The van der Waals surface area contributed by atoms with Crippen molar-refractivity contribution in [1.82, 2.24) is 15.2 Å². The van der Waals surface area contributed by atoms with E-state index in [2.05, 4.69) is 10.6 Å². The Bertz CT molecular complexity index is 507. The summed E-state index contributed by atoms with van der Waals surface area (Å²) in [5.41, 5.74) is 2.04. The third-order valence-corrected chi connectivity index (χ3v) is 3.54. The molecule has 98 valence electrons. The van der Waals surface area contributed by atoms with E-state index in [0.717, 1.165) is 30.5 Å². The van der Waals surface area contributed by atoms with Gasteiger partial charge < -0.3 is 15.2 Å². The molecule has 0 saturated carbocycles. The van der Waals surface area contributed by atoms with Gasteiger partial charge >= 0.3 is 0 Å². The summed E-state index contributed by atoms with van der Waals surface area (Å²) in [6.07, 6.45) is 2.97. The van der Waals surface area contributed by atoms with Crippen LogP contribution in [0.15, 0.2) is 16.9 Å². The van der Waals surface area contributed by atoms with Crippen LogP contribution >= 0.6 is 0 Å². The van der Waals surface area contributed by atoms with E-state index >= 15 is 0 Å². The van der Waals surface area contributed by atoms with Crippen LogP contribution in [-0.2, 0) is 17.8 Å². The number of nitrogens with one attached hydrogen (secondary N) is 2. The predicted octanol–water partition coefficient (Wildman–Crippen LogP) is 0.191. The first kappa shape index (κ1) is 12.8. The van der Waals surface area contributed by atoms with Crippen molar-refractivity contribution in [3.05, 3.63) is 33.7 Å². The van der Waals surface area contributed by atoms with Gasteiger partial charge in [0.2, 0.25) is 5.91 Å². The zero-order chi connectivity index (χ0) is 13.1. The van der Waals surface area contributed by atoms with Crippen molar-refractivity contribution in [2.75, 3.05) is 14.1 Å². The maximum atomic E-state index is 11.9. The monoisotopic (exact) mass is 249 g/mol. The van der Waals surface area contributed by atoms with Gasteiger partial charge in [-0.2, -0.15) is 0 Å². The highest BCUT2D eigenvalue weighted by Crippen LogP contribution is 2.28. The van der Waals surface area contributed by atoms with Crippen molar-refractivity contribution >= 4 is 5.91 Å². The SMILES string of the molecule is CNC(=O)Cn1c2c(ccc1=O)C(NC)CCC2. The number of aromatic nitrogens is 1. The van der Waals surface area contributed by atoms with E-state index in [1.165, 1.54) is 0 Å². The molecule has 0 spiro atoms. The van der Waals surface area contributed by atoms with Crippen molar-refractivity contribution in [1.29, 1.82) is 0 Å². The smallest absolute Gasteiger partial charge is 0.251 e. The molecule has 1 atom stereocenters. The van der Waals surface area contributed by atoms with Crippen molar-refractivity contribution in [2.24, 2.45) is 0 Å². The van der Waals surface area contributed by atoms with Gasteiger partial charge in [-0.3, -0.25) is 9.59 Å². The Morgan fingerprint density at radius 2 is 2.22 bits per heavy atom. The molecule has 0 bridgehead atoms. The average molecular weight is 249 g/mol. The van der Waals surface area contributed by atoms with E-state index in [-0.39, 0.29) is 24.1 Å². The first-order valence-electron chi connectivity index (χ1n) is 6.28. The van der Waals surface area contributed by atoms with E-state index in [9.17, 15) is 9.59 Å². The number of hydrogen-bond donors (Lipinski definition) is 2. The summed E-state index contributed by atoms with van der Waals surface area (Å²) in [7, 11) is 3.51.